The third-order valence-electron chi connectivity index (χ3n) is 5.10. The Labute approximate surface area is 168 Å². The monoisotopic (exact) mass is 384 g/mol. The molecule has 5 heteroatoms. The van der Waals surface area contributed by atoms with Crippen LogP contribution in [0.4, 0.5) is 0 Å². The van der Waals surface area contributed by atoms with Crippen LogP contribution in [0.1, 0.15) is 38.3 Å². The van der Waals surface area contributed by atoms with Gasteiger partial charge in [0.25, 0.3) is 5.91 Å². The molecule has 0 fully saturated rings. The minimum atomic E-state index is -0.463. The Morgan fingerprint density at radius 3 is 2.17 bits per heavy atom. The normalized spacial score (nSPS) is 11.7. The molecule has 1 aliphatic rings. The summed E-state index contributed by atoms with van der Waals surface area (Å²) >= 11 is 0. The van der Waals surface area contributed by atoms with E-state index in [9.17, 15) is 14.4 Å². The number of amides is 2. The van der Waals surface area contributed by atoms with Gasteiger partial charge in [-0.2, -0.15) is 0 Å². The highest BCUT2D eigenvalue weighted by molar-refractivity contribution is 6.22. The molecule has 144 valence electrons. The number of fused-ring (bicyclic) bond motifs is 3. The molecule has 0 radical (unpaired) electrons. The maximum atomic E-state index is 13.2. The van der Waals surface area contributed by atoms with E-state index >= 15 is 0 Å². The second-order valence-corrected chi connectivity index (χ2v) is 7.06. The number of benzene rings is 3. The van der Waals surface area contributed by atoms with Crippen molar-refractivity contribution in [2.75, 3.05) is 6.54 Å². The Bertz CT molecular complexity index is 1110. The summed E-state index contributed by atoms with van der Waals surface area (Å²) in [6.45, 7) is 0.576. The lowest BCUT2D eigenvalue weighted by molar-refractivity contribution is -0.118. The summed E-state index contributed by atoms with van der Waals surface area (Å²) < 4.78 is 0. The van der Waals surface area contributed by atoms with Crippen molar-refractivity contribution < 1.29 is 14.4 Å². The van der Waals surface area contributed by atoms with Crippen molar-refractivity contribution in [1.29, 1.82) is 0 Å². The minimum absolute atomic E-state index is 0.0722. The number of nitrogens with two attached hydrogens (primary N) is 1. The van der Waals surface area contributed by atoms with E-state index in [1.165, 1.54) is 0 Å². The fourth-order valence-electron chi connectivity index (χ4n) is 3.65. The average molecular weight is 384 g/mol. The first kappa shape index (κ1) is 18.6. The molecule has 4 rings (SSSR count). The van der Waals surface area contributed by atoms with Gasteiger partial charge < -0.3 is 10.6 Å². The zero-order valence-electron chi connectivity index (χ0n) is 15.8. The van der Waals surface area contributed by atoms with Crippen molar-refractivity contribution in [2.24, 2.45) is 5.73 Å². The molecule has 29 heavy (non-hydrogen) atoms. The van der Waals surface area contributed by atoms with Gasteiger partial charge in [-0.05, 0) is 28.8 Å². The van der Waals surface area contributed by atoms with Crippen LogP contribution in [0.3, 0.4) is 0 Å². The Balaban J connectivity index is 1.64. The average Bonchev–Trinajstić information content (AvgIpc) is 3.03. The lowest BCUT2D eigenvalue weighted by Gasteiger charge is -2.23. The fraction of sp³-hybridized carbons (Fsp3) is 0.125. The van der Waals surface area contributed by atoms with Gasteiger partial charge in [-0.3, -0.25) is 14.4 Å². The van der Waals surface area contributed by atoms with Gasteiger partial charge in [0.15, 0.2) is 5.78 Å². The number of primary amides is 1. The van der Waals surface area contributed by atoms with E-state index in [2.05, 4.69) is 0 Å². The maximum absolute atomic E-state index is 13.2. The van der Waals surface area contributed by atoms with E-state index in [4.69, 9.17) is 5.73 Å². The molecule has 0 aromatic heterocycles. The highest BCUT2D eigenvalue weighted by Crippen LogP contribution is 2.36. The maximum Gasteiger partial charge on any atom is 0.254 e. The molecule has 3 aromatic carbocycles. The summed E-state index contributed by atoms with van der Waals surface area (Å²) in [5, 5.41) is 0. The molecule has 0 saturated carbocycles. The van der Waals surface area contributed by atoms with Gasteiger partial charge in [0, 0.05) is 36.2 Å². The Morgan fingerprint density at radius 2 is 1.45 bits per heavy atom. The third kappa shape index (κ3) is 3.67. The first-order valence-electron chi connectivity index (χ1n) is 9.44. The molecule has 0 aliphatic heterocycles. The number of hydrogen-bond donors (Lipinski definition) is 1. The van der Waals surface area contributed by atoms with Gasteiger partial charge >= 0.3 is 0 Å². The summed E-state index contributed by atoms with van der Waals surface area (Å²) in [6, 6.07) is 22.2. The van der Waals surface area contributed by atoms with Gasteiger partial charge in [0.05, 0.1) is 0 Å². The van der Waals surface area contributed by atoms with E-state index < -0.39 is 5.91 Å². The van der Waals surface area contributed by atoms with E-state index in [1.807, 2.05) is 54.6 Å². The summed E-state index contributed by atoms with van der Waals surface area (Å²) in [5.74, 6) is -0.769. The number of carbonyl (C=O) groups is 3. The number of carbonyl (C=O) groups excluding carboxylic acids is 3. The van der Waals surface area contributed by atoms with Crippen LogP contribution in [0.2, 0.25) is 0 Å². The molecule has 0 bridgehead atoms. The molecule has 2 N–H and O–H groups in total. The van der Waals surface area contributed by atoms with E-state index in [0.29, 0.717) is 23.2 Å². The second kappa shape index (κ2) is 7.72. The lowest BCUT2D eigenvalue weighted by atomic mass is 10.0. The summed E-state index contributed by atoms with van der Waals surface area (Å²) in [4.78, 5) is 38.8. The highest BCUT2D eigenvalue weighted by atomic mass is 16.2. The molecule has 0 spiro atoms. The van der Waals surface area contributed by atoms with Crippen LogP contribution in [0.25, 0.3) is 11.1 Å². The molecule has 0 heterocycles. The molecular weight excluding hydrogens is 364 g/mol. The third-order valence-corrected chi connectivity index (χ3v) is 5.10. The summed E-state index contributed by atoms with van der Waals surface area (Å²) in [6.07, 6.45) is 0.0773. The summed E-state index contributed by atoms with van der Waals surface area (Å²) in [7, 11) is 0. The van der Waals surface area contributed by atoms with Gasteiger partial charge in [0.2, 0.25) is 5.91 Å². The van der Waals surface area contributed by atoms with Crippen molar-refractivity contribution in [3.63, 3.8) is 0 Å². The Hall–Kier alpha value is -3.73. The zero-order valence-corrected chi connectivity index (χ0v) is 15.8. The van der Waals surface area contributed by atoms with E-state index in [0.717, 1.165) is 16.7 Å². The Kier molecular flexibility index (Phi) is 4.96. The molecule has 5 nitrogen and oxygen atoms in total. The number of nitrogens with zero attached hydrogens (tertiary/aromatic N) is 1. The van der Waals surface area contributed by atoms with Crippen LogP contribution in [0.15, 0.2) is 72.8 Å². The topological polar surface area (TPSA) is 80.5 Å². The van der Waals surface area contributed by atoms with Gasteiger partial charge in [-0.25, -0.2) is 0 Å². The first-order valence-corrected chi connectivity index (χ1v) is 9.44. The SMILES string of the molecule is NC(=O)CCN(Cc1ccccc1)C(=O)c1ccc2c(c1)C(=O)c1ccccc1-2. The zero-order chi connectivity index (χ0) is 20.4. The molecular formula is C24H20N2O3. The quantitative estimate of drug-likeness (QED) is 0.553. The van der Waals surface area contributed by atoms with Crippen molar-refractivity contribution >= 4 is 17.6 Å². The van der Waals surface area contributed by atoms with Crippen molar-refractivity contribution in [1.82, 2.24) is 4.90 Å². The number of rotatable bonds is 6. The molecule has 0 unspecified atom stereocenters. The molecule has 0 saturated heterocycles. The van der Waals surface area contributed by atoms with Crippen molar-refractivity contribution in [3.8, 4) is 11.1 Å². The number of hydrogen-bond acceptors (Lipinski definition) is 3. The minimum Gasteiger partial charge on any atom is -0.370 e. The first-order chi connectivity index (χ1) is 14.0. The standard InChI is InChI=1S/C24H20N2O3/c25-22(27)12-13-26(15-16-6-2-1-3-7-16)24(29)17-10-11-19-18-8-4-5-9-20(18)23(28)21(19)14-17/h1-11,14H,12-13,15H2,(H2,25,27). The highest BCUT2D eigenvalue weighted by Gasteiger charge is 2.28. The molecule has 3 aromatic rings. The molecule has 2 amide bonds. The van der Waals surface area contributed by atoms with Crippen LogP contribution in [0.5, 0.6) is 0 Å². The molecule has 1 aliphatic carbocycles. The van der Waals surface area contributed by atoms with Crippen LogP contribution >= 0.6 is 0 Å². The van der Waals surface area contributed by atoms with E-state index in [1.54, 1.807) is 23.1 Å². The van der Waals surface area contributed by atoms with Gasteiger partial charge in [-0.15, -0.1) is 0 Å². The van der Waals surface area contributed by atoms with Gasteiger partial charge in [0.1, 0.15) is 0 Å². The van der Waals surface area contributed by atoms with Crippen molar-refractivity contribution in [3.05, 3.63) is 95.1 Å². The van der Waals surface area contributed by atoms with Gasteiger partial charge in [-0.1, -0.05) is 60.7 Å². The fourth-order valence-corrected chi connectivity index (χ4v) is 3.65. The molecule has 0 atom stereocenters. The lowest BCUT2D eigenvalue weighted by Crippen LogP contribution is -2.33. The van der Waals surface area contributed by atoms with Crippen LogP contribution in [0, 0.1) is 0 Å². The smallest absolute Gasteiger partial charge is 0.254 e. The van der Waals surface area contributed by atoms with Crippen LogP contribution < -0.4 is 5.73 Å². The number of ketones is 1. The van der Waals surface area contributed by atoms with Crippen LogP contribution in [-0.2, 0) is 11.3 Å². The van der Waals surface area contributed by atoms with Crippen LogP contribution in [-0.4, -0.2) is 29.0 Å². The predicted molar refractivity (Wildman–Crippen MR) is 110 cm³/mol. The van der Waals surface area contributed by atoms with E-state index in [-0.39, 0.29) is 24.7 Å². The second-order valence-electron chi connectivity index (χ2n) is 7.06. The Morgan fingerprint density at radius 1 is 0.793 bits per heavy atom. The largest absolute Gasteiger partial charge is 0.370 e. The van der Waals surface area contributed by atoms with Crippen molar-refractivity contribution in [2.45, 2.75) is 13.0 Å². The summed E-state index contributed by atoms with van der Waals surface area (Å²) in [5.41, 5.74) is 9.59. The predicted octanol–water partition coefficient (Wildman–Crippen LogP) is 3.42.